The average molecular weight is 424 g/mol. The highest BCUT2D eigenvalue weighted by Gasteiger charge is 2.61. The van der Waals surface area contributed by atoms with Crippen LogP contribution in [0.5, 0.6) is 0 Å². The average Bonchev–Trinajstić information content (AvgIpc) is 3.10. The molecule has 3 N–H and O–H groups in total. The van der Waals surface area contributed by atoms with Gasteiger partial charge in [-0.05, 0) is 46.0 Å². The molecule has 9 heteroatoms. The number of ether oxygens (including phenoxy) is 1. The van der Waals surface area contributed by atoms with Crippen LogP contribution in [0.4, 0.5) is 4.79 Å². The summed E-state index contributed by atoms with van der Waals surface area (Å²) >= 11 is 0. The number of nitrogens with one attached hydrogen (secondary N) is 2. The molecule has 3 amide bonds. The fraction of sp³-hybridized carbons (Fsp3) is 0.714. The Kier molecular flexibility index (Phi) is 6.83. The highest BCUT2D eigenvalue weighted by atomic mass is 16.6. The van der Waals surface area contributed by atoms with Crippen LogP contribution in [0.2, 0.25) is 0 Å². The van der Waals surface area contributed by atoms with Crippen LogP contribution in [0, 0.1) is 11.8 Å². The van der Waals surface area contributed by atoms with Crippen LogP contribution in [0.1, 0.15) is 53.9 Å². The van der Waals surface area contributed by atoms with E-state index in [1.165, 1.54) is 11.0 Å². The number of carbonyl (C=O) groups excluding carboxylic acids is 3. The molecule has 0 bridgehead atoms. The molecule has 168 valence electrons. The summed E-state index contributed by atoms with van der Waals surface area (Å²) in [6, 6.07) is -1.63. The van der Waals surface area contributed by atoms with E-state index in [1.807, 2.05) is 0 Å². The van der Waals surface area contributed by atoms with Crippen molar-refractivity contribution in [3.05, 3.63) is 12.7 Å². The molecule has 1 saturated heterocycles. The van der Waals surface area contributed by atoms with E-state index < -0.39 is 41.2 Å². The monoisotopic (exact) mass is 423 g/mol. The molecule has 0 aromatic rings. The third kappa shape index (κ3) is 5.12. The minimum absolute atomic E-state index is 0.228. The number of nitrogens with zero attached hydrogens (tertiary/aromatic N) is 1. The molecule has 30 heavy (non-hydrogen) atoms. The van der Waals surface area contributed by atoms with Crippen molar-refractivity contribution in [2.75, 3.05) is 6.54 Å². The summed E-state index contributed by atoms with van der Waals surface area (Å²) in [5.41, 5.74) is -2.05. The van der Waals surface area contributed by atoms with E-state index >= 15 is 0 Å². The quantitative estimate of drug-likeness (QED) is 0.535. The van der Waals surface area contributed by atoms with Gasteiger partial charge in [-0.1, -0.05) is 19.9 Å². The van der Waals surface area contributed by atoms with Gasteiger partial charge in [-0.15, -0.1) is 6.58 Å². The number of amides is 3. The van der Waals surface area contributed by atoms with E-state index in [0.717, 1.165) is 0 Å². The summed E-state index contributed by atoms with van der Waals surface area (Å²) in [6.45, 7) is 12.8. The first-order valence-electron chi connectivity index (χ1n) is 10.3. The normalized spacial score (nSPS) is 26.7. The number of aliphatic carboxylic acids is 1. The van der Waals surface area contributed by atoms with Gasteiger partial charge in [-0.3, -0.25) is 9.59 Å². The van der Waals surface area contributed by atoms with E-state index in [2.05, 4.69) is 17.2 Å². The van der Waals surface area contributed by atoms with Crippen LogP contribution in [0.15, 0.2) is 12.7 Å². The van der Waals surface area contributed by atoms with E-state index in [-0.39, 0.29) is 24.2 Å². The van der Waals surface area contributed by atoms with Crippen LogP contribution < -0.4 is 10.6 Å². The zero-order valence-corrected chi connectivity index (χ0v) is 18.4. The Labute approximate surface area is 177 Å². The molecule has 2 rings (SSSR count). The molecule has 0 spiro atoms. The number of carboxylic acid groups (broad SMARTS) is 1. The van der Waals surface area contributed by atoms with Gasteiger partial charge in [0.05, 0.1) is 0 Å². The van der Waals surface area contributed by atoms with Crippen molar-refractivity contribution in [2.45, 2.75) is 77.1 Å². The molecule has 1 aliphatic carbocycles. The molecule has 0 radical (unpaired) electrons. The molecule has 0 aromatic carbocycles. The number of carbonyl (C=O) groups is 4. The minimum atomic E-state index is -1.34. The van der Waals surface area contributed by atoms with Crippen LogP contribution >= 0.6 is 0 Å². The van der Waals surface area contributed by atoms with E-state index in [1.54, 1.807) is 34.6 Å². The molecule has 1 unspecified atom stereocenters. The van der Waals surface area contributed by atoms with Crippen molar-refractivity contribution < 1.29 is 29.0 Å². The Hall–Kier alpha value is -2.58. The van der Waals surface area contributed by atoms with Crippen LogP contribution in [0.3, 0.4) is 0 Å². The Morgan fingerprint density at radius 2 is 1.90 bits per heavy atom. The first kappa shape index (κ1) is 23.7. The van der Waals surface area contributed by atoms with Gasteiger partial charge < -0.3 is 25.4 Å². The van der Waals surface area contributed by atoms with Crippen molar-refractivity contribution in [3.8, 4) is 0 Å². The van der Waals surface area contributed by atoms with Crippen molar-refractivity contribution in [1.82, 2.24) is 15.5 Å². The van der Waals surface area contributed by atoms with Gasteiger partial charge in [-0.25, -0.2) is 9.59 Å². The van der Waals surface area contributed by atoms with Gasteiger partial charge >= 0.3 is 12.1 Å². The summed E-state index contributed by atoms with van der Waals surface area (Å²) in [7, 11) is 0. The van der Waals surface area contributed by atoms with Crippen molar-refractivity contribution in [1.29, 1.82) is 0 Å². The smallest absolute Gasteiger partial charge is 0.408 e. The predicted molar refractivity (Wildman–Crippen MR) is 110 cm³/mol. The van der Waals surface area contributed by atoms with E-state index in [9.17, 15) is 24.3 Å². The van der Waals surface area contributed by atoms with E-state index in [4.69, 9.17) is 4.74 Å². The SMILES string of the molecule is C=C[C@@H]1C[C@]1(NC(=O)[C@@H]1CCCN1C(=O)C(NC(=O)OC(C)(C)C)C(C)C)C(=O)O. The second-order valence-electron chi connectivity index (χ2n) is 9.37. The van der Waals surface area contributed by atoms with Crippen molar-refractivity contribution >= 4 is 23.9 Å². The lowest BCUT2D eigenvalue weighted by Crippen LogP contribution is -2.57. The molecule has 0 aromatic heterocycles. The molecule has 9 nitrogen and oxygen atoms in total. The molecule has 1 aliphatic heterocycles. The van der Waals surface area contributed by atoms with Gasteiger partial charge in [0.15, 0.2) is 0 Å². The molecular formula is C21H33N3O6. The van der Waals surface area contributed by atoms with Crippen molar-refractivity contribution in [2.24, 2.45) is 11.8 Å². The number of alkyl carbamates (subject to hydrolysis) is 1. The number of rotatable bonds is 7. The molecule has 1 saturated carbocycles. The molecule has 1 heterocycles. The molecule has 4 atom stereocenters. The summed E-state index contributed by atoms with van der Waals surface area (Å²) < 4.78 is 5.26. The lowest BCUT2D eigenvalue weighted by Gasteiger charge is -2.31. The highest BCUT2D eigenvalue weighted by molar-refractivity contribution is 5.96. The minimum Gasteiger partial charge on any atom is -0.479 e. The summed E-state index contributed by atoms with van der Waals surface area (Å²) in [5, 5.41) is 14.8. The van der Waals surface area contributed by atoms with Crippen LogP contribution in [-0.4, -0.2) is 63.7 Å². The maximum absolute atomic E-state index is 13.2. The number of hydrogen-bond acceptors (Lipinski definition) is 5. The Morgan fingerprint density at radius 1 is 1.27 bits per heavy atom. The Balaban J connectivity index is 2.11. The summed E-state index contributed by atoms with van der Waals surface area (Å²) in [5.74, 6) is -2.54. The van der Waals surface area contributed by atoms with Gasteiger partial charge in [0.2, 0.25) is 11.8 Å². The predicted octanol–water partition coefficient (Wildman–Crippen LogP) is 1.67. The lowest BCUT2D eigenvalue weighted by molar-refractivity contribution is -0.145. The van der Waals surface area contributed by atoms with Gasteiger partial charge in [-0.2, -0.15) is 0 Å². The summed E-state index contributed by atoms with van der Waals surface area (Å²) in [4.78, 5) is 51.3. The second-order valence-corrected chi connectivity index (χ2v) is 9.37. The second kappa shape index (κ2) is 8.65. The summed E-state index contributed by atoms with van der Waals surface area (Å²) in [6.07, 6.45) is 2.15. The van der Waals surface area contributed by atoms with Crippen molar-refractivity contribution in [3.63, 3.8) is 0 Å². The third-order valence-corrected chi connectivity index (χ3v) is 5.47. The fourth-order valence-corrected chi connectivity index (χ4v) is 3.75. The number of hydrogen-bond donors (Lipinski definition) is 3. The van der Waals surface area contributed by atoms with Gasteiger partial charge in [0, 0.05) is 12.5 Å². The van der Waals surface area contributed by atoms with E-state index in [0.29, 0.717) is 19.4 Å². The van der Waals surface area contributed by atoms with Gasteiger partial charge in [0.25, 0.3) is 0 Å². The molecular weight excluding hydrogens is 390 g/mol. The number of likely N-dealkylation sites (tertiary alicyclic amines) is 1. The Bertz CT molecular complexity index is 729. The topological polar surface area (TPSA) is 125 Å². The standard InChI is InChI=1S/C21H33N3O6/c1-7-13-11-21(13,18(27)28)23-16(25)14-9-8-10-24(14)17(26)15(12(2)3)22-19(29)30-20(4,5)6/h7,12-15H,1,8-11H2,2-6H3,(H,22,29)(H,23,25)(H,27,28)/t13-,14+,15?,21-/m1/s1. The van der Waals surface area contributed by atoms with Gasteiger partial charge in [0.1, 0.15) is 23.2 Å². The molecule has 2 aliphatic rings. The largest absolute Gasteiger partial charge is 0.479 e. The first-order valence-corrected chi connectivity index (χ1v) is 10.3. The zero-order chi connectivity index (χ0) is 22.9. The highest BCUT2D eigenvalue weighted by Crippen LogP contribution is 2.44. The van der Waals surface area contributed by atoms with Crippen LogP contribution in [-0.2, 0) is 19.1 Å². The number of carboxylic acids is 1. The first-order chi connectivity index (χ1) is 13.8. The maximum atomic E-state index is 13.2. The molecule has 2 fully saturated rings. The maximum Gasteiger partial charge on any atom is 0.408 e. The van der Waals surface area contributed by atoms with Crippen LogP contribution in [0.25, 0.3) is 0 Å². The fourth-order valence-electron chi connectivity index (χ4n) is 3.75. The Morgan fingerprint density at radius 3 is 2.37 bits per heavy atom. The third-order valence-electron chi connectivity index (χ3n) is 5.47. The zero-order valence-electron chi connectivity index (χ0n) is 18.4. The lowest BCUT2D eigenvalue weighted by atomic mass is 10.0.